The quantitative estimate of drug-likeness (QED) is 0.189. The van der Waals surface area contributed by atoms with E-state index in [1.807, 2.05) is 6.07 Å². The van der Waals surface area contributed by atoms with Crippen molar-refractivity contribution in [3.8, 4) is 11.5 Å². The standard InChI is InChI=1S/C23H19N3O6/c1-2-31-21-14-16(15-24-25-22(27)17-6-4-3-5-7-17)8-13-20(21)32-23(28)18-9-11-19(12-10-18)26(29)30/h3-15H,2H2,1H3,(H,25,27). The minimum atomic E-state index is -0.683. The van der Waals surface area contributed by atoms with Gasteiger partial charge in [0.15, 0.2) is 11.5 Å². The lowest BCUT2D eigenvalue weighted by molar-refractivity contribution is -0.384. The molecular weight excluding hydrogens is 414 g/mol. The fraction of sp³-hybridized carbons (Fsp3) is 0.0870. The van der Waals surface area contributed by atoms with Gasteiger partial charge in [0.25, 0.3) is 11.6 Å². The van der Waals surface area contributed by atoms with Crippen LogP contribution in [0.3, 0.4) is 0 Å². The van der Waals surface area contributed by atoms with E-state index in [1.54, 1.807) is 43.3 Å². The van der Waals surface area contributed by atoms with Crippen LogP contribution in [0.15, 0.2) is 77.9 Å². The molecular formula is C23H19N3O6. The predicted octanol–water partition coefficient (Wildman–Crippen LogP) is 3.98. The number of non-ortho nitro benzene ring substituents is 1. The maximum atomic E-state index is 12.4. The summed E-state index contributed by atoms with van der Waals surface area (Å²) in [5.41, 5.74) is 3.56. The van der Waals surface area contributed by atoms with Gasteiger partial charge < -0.3 is 9.47 Å². The number of carbonyl (C=O) groups is 2. The zero-order valence-corrected chi connectivity index (χ0v) is 17.1. The highest BCUT2D eigenvalue weighted by Crippen LogP contribution is 2.29. The maximum absolute atomic E-state index is 12.4. The first-order valence-electron chi connectivity index (χ1n) is 9.60. The lowest BCUT2D eigenvalue weighted by atomic mass is 10.2. The number of nitro groups is 1. The molecule has 3 aromatic carbocycles. The predicted molar refractivity (Wildman–Crippen MR) is 117 cm³/mol. The smallest absolute Gasteiger partial charge is 0.343 e. The molecule has 1 amide bonds. The molecule has 0 spiro atoms. The Bertz CT molecular complexity index is 1140. The second kappa shape index (κ2) is 10.5. The third kappa shape index (κ3) is 5.76. The Morgan fingerprint density at radius 3 is 2.38 bits per heavy atom. The summed E-state index contributed by atoms with van der Waals surface area (Å²) in [5, 5.41) is 14.7. The van der Waals surface area contributed by atoms with Crippen molar-refractivity contribution in [3.05, 3.63) is 99.6 Å². The number of hydrogen-bond donors (Lipinski definition) is 1. The van der Waals surface area contributed by atoms with Crippen molar-refractivity contribution in [2.45, 2.75) is 6.92 Å². The van der Waals surface area contributed by atoms with Crippen LogP contribution in [0.2, 0.25) is 0 Å². The molecule has 0 heterocycles. The monoisotopic (exact) mass is 433 g/mol. The normalized spacial score (nSPS) is 10.5. The maximum Gasteiger partial charge on any atom is 0.343 e. The number of amides is 1. The first kappa shape index (κ1) is 22.2. The van der Waals surface area contributed by atoms with Gasteiger partial charge in [0, 0.05) is 17.7 Å². The van der Waals surface area contributed by atoms with E-state index in [2.05, 4.69) is 10.5 Å². The van der Waals surface area contributed by atoms with Crippen LogP contribution in [-0.4, -0.2) is 29.6 Å². The molecule has 0 saturated heterocycles. The van der Waals surface area contributed by atoms with Crippen molar-refractivity contribution in [2.75, 3.05) is 6.61 Å². The SMILES string of the molecule is CCOc1cc(C=NNC(=O)c2ccccc2)ccc1OC(=O)c1ccc([N+](=O)[O-])cc1. The molecule has 9 heteroatoms. The first-order valence-corrected chi connectivity index (χ1v) is 9.60. The topological polar surface area (TPSA) is 120 Å². The number of hydrogen-bond acceptors (Lipinski definition) is 7. The Balaban J connectivity index is 1.70. The summed E-state index contributed by atoms with van der Waals surface area (Å²) in [7, 11) is 0. The zero-order valence-electron chi connectivity index (χ0n) is 17.1. The fourth-order valence-corrected chi connectivity index (χ4v) is 2.66. The Morgan fingerprint density at radius 2 is 1.72 bits per heavy atom. The highest BCUT2D eigenvalue weighted by molar-refractivity contribution is 5.95. The van der Waals surface area contributed by atoms with E-state index in [0.29, 0.717) is 23.5 Å². The molecule has 1 N–H and O–H groups in total. The summed E-state index contributed by atoms with van der Waals surface area (Å²) in [6.45, 7) is 2.11. The van der Waals surface area contributed by atoms with Crippen molar-refractivity contribution in [1.82, 2.24) is 5.43 Å². The average molecular weight is 433 g/mol. The molecule has 9 nitrogen and oxygen atoms in total. The molecule has 0 bridgehead atoms. The summed E-state index contributed by atoms with van der Waals surface area (Å²) in [5.74, 6) is -0.542. The number of nitro benzene ring substituents is 1. The molecule has 0 atom stereocenters. The van der Waals surface area contributed by atoms with Crippen molar-refractivity contribution in [1.29, 1.82) is 0 Å². The van der Waals surface area contributed by atoms with E-state index in [9.17, 15) is 19.7 Å². The number of carbonyl (C=O) groups excluding carboxylic acids is 2. The molecule has 0 radical (unpaired) electrons. The van der Waals surface area contributed by atoms with Crippen LogP contribution in [0.25, 0.3) is 0 Å². The van der Waals surface area contributed by atoms with Gasteiger partial charge in [-0.25, -0.2) is 10.2 Å². The van der Waals surface area contributed by atoms with E-state index in [4.69, 9.17) is 9.47 Å². The molecule has 0 fully saturated rings. The van der Waals surface area contributed by atoms with Crippen LogP contribution in [0, 0.1) is 10.1 Å². The molecule has 3 aromatic rings. The number of rotatable bonds is 8. The van der Waals surface area contributed by atoms with Crippen molar-refractivity contribution in [3.63, 3.8) is 0 Å². The highest BCUT2D eigenvalue weighted by atomic mass is 16.6. The van der Waals surface area contributed by atoms with Gasteiger partial charge in [-0.3, -0.25) is 14.9 Å². The lowest BCUT2D eigenvalue weighted by Crippen LogP contribution is -2.17. The Kier molecular flexibility index (Phi) is 7.26. The summed E-state index contributed by atoms with van der Waals surface area (Å²) in [6, 6.07) is 18.5. The minimum Gasteiger partial charge on any atom is -0.490 e. The van der Waals surface area contributed by atoms with E-state index < -0.39 is 10.9 Å². The Morgan fingerprint density at radius 1 is 1.00 bits per heavy atom. The van der Waals surface area contributed by atoms with Gasteiger partial charge in [-0.05, 0) is 55.0 Å². The summed E-state index contributed by atoms with van der Waals surface area (Å²) in [4.78, 5) is 34.6. The number of nitrogens with zero attached hydrogens (tertiary/aromatic N) is 2. The van der Waals surface area contributed by atoms with E-state index >= 15 is 0 Å². The lowest BCUT2D eigenvalue weighted by Gasteiger charge is -2.11. The van der Waals surface area contributed by atoms with Gasteiger partial charge in [-0.1, -0.05) is 18.2 Å². The number of nitrogens with one attached hydrogen (secondary N) is 1. The average Bonchev–Trinajstić information content (AvgIpc) is 2.81. The summed E-state index contributed by atoms with van der Waals surface area (Å²) in [6.07, 6.45) is 1.44. The van der Waals surface area contributed by atoms with Gasteiger partial charge in [-0.2, -0.15) is 5.10 Å². The van der Waals surface area contributed by atoms with Crippen LogP contribution < -0.4 is 14.9 Å². The zero-order chi connectivity index (χ0) is 22.9. The number of ether oxygens (including phenoxy) is 2. The third-order valence-electron chi connectivity index (χ3n) is 4.20. The highest BCUT2D eigenvalue weighted by Gasteiger charge is 2.15. The fourth-order valence-electron chi connectivity index (χ4n) is 2.66. The molecule has 0 saturated carbocycles. The summed E-state index contributed by atoms with van der Waals surface area (Å²) >= 11 is 0. The minimum absolute atomic E-state index is 0.125. The van der Waals surface area contributed by atoms with Crippen LogP contribution in [-0.2, 0) is 0 Å². The van der Waals surface area contributed by atoms with Crippen LogP contribution in [0.1, 0.15) is 33.2 Å². The van der Waals surface area contributed by atoms with Crippen LogP contribution in [0.4, 0.5) is 5.69 Å². The second-order valence-corrected chi connectivity index (χ2v) is 6.40. The first-order chi connectivity index (χ1) is 15.5. The third-order valence-corrected chi connectivity index (χ3v) is 4.20. The molecule has 0 aliphatic heterocycles. The Hall–Kier alpha value is -4.53. The largest absolute Gasteiger partial charge is 0.490 e. The number of benzene rings is 3. The number of hydrazone groups is 1. The van der Waals surface area contributed by atoms with Crippen molar-refractivity contribution in [2.24, 2.45) is 5.10 Å². The molecule has 0 aliphatic rings. The number of esters is 1. The molecule has 32 heavy (non-hydrogen) atoms. The second-order valence-electron chi connectivity index (χ2n) is 6.40. The van der Waals surface area contributed by atoms with Crippen LogP contribution in [0.5, 0.6) is 11.5 Å². The van der Waals surface area contributed by atoms with Crippen molar-refractivity contribution < 1.29 is 24.0 Å². The molecule has 0 aromatic heterocycles. The van der Waals surface area contributed by atoms with Crippen LogP contribution >= 0.6 is 0 Å². The molecule has 3 rings (SSSR count). The van der Waals surface area contributed by atoms with E-state index in [-0.39, 0.29) is 22.9 Å². The molecule has 0 aliphatic carbocycles. The van der Waals surface area contributed by atoms with Crippen molar-refractivity contribution >= 4 is 23.8 Å². The molecule has 0 unspecified atom stereocenters. The van der Waals surface area contributed by atoms with Gasteiger partial charge in [0.1, 0.15) is 0 Å². The molecule has 162 valence electrons. The van der Waals surface area contributed by atoms with E-state index in [1.165, 1.54) is 36.5 Å². The summed E-state index contributed by atoms with van der Waals surface area (Å²) < 4.78 is 10.9. The van der Waals surface area contributed by atoms with Gasteiger partial charge in [0.05, 0.1) is 23.3 Å². The van der Waals surface area contributed by atoms with Gasteiger partial charge in [-0.15, -0.1) is 0 Å². The van der Waals surface area contributed by atoms with E-state index in [0.717, 1.165) is 0 Å². The van der Waals surface area contributed by atoms with Gasteiger partial charge in [0.2, 0.25) is 0 Å². The Labute approximate surface area is 183 Å². The van der Waals surface area contributed by atoms with Gasteiger partial charge >= 0.3 is 5.97 Å².